The number of para-hydroxylation sites is 1. The molecule has 22 heavy (non-hydrogen) atoms. The van der Waals surface area contributed by atoms with E-state index in [1.54, 1.807) is 24.3 Å². The third-order valence-electron chi connectivity index (χ3n) is 2.78. The molecule has 1 heterocycles. The number of anilines is 2. The number of hydrogen-bond acceptors (Lipinski definition) is 7. The minimum absolute atomic E-state index is 0.0692. The van der Waals surface area contributed by atoms with Crippen LogP contribution in [0.3, 0.4) is 0 Å². The number of nitrogens with two attached hydrogens (primary N) is 1. The molecule has 0 aliphatic rings. The van der Waals surface area contributed by atoms with Crippen molar-refractivity contribution in [1.82, 2.24) is 10.2 Å². The second-order valence-corrected chi connectivity index (χ2v) is 6.86. The molecule has 0 atom stereocenters. The normalized spacial score (nSPS) is 10.4. The van der Waals surface area contributed by atoms with Gasteiger partial charge in [0.25, 0.3) is 0 Å². The van der Waals surface area contributed by atoms with E-state index in [9.17, 15) is 9.59 Å². The monoisotopic (exact) mass is 336 g/mol. The molecule has 2 rings (SSSR count). The van der Waals surface area contributed by atoms with Crippen LogP contribution in [0.2, 0.25) is 0 Å². The Balaban J connectivity index is 1.77. The molecule has 3 N–H and O–H groups in total. The molecule has 0 fully saturated rings. The number of nitrogens with one attached hydrogen (secondary N) is 1. The second-order valence-electron chi connectivity index (χ2n) is 4.51. The maximum Gasteiger partial charge on any atom is 0.224 e. The zero-order valence-corrected chi connectivity index (χ0v) is 13.7. The van der Waals surface area contributed by atoms with E-state index >= 15 is 0 Å². The SMILES string of the molecule is CC(=O)c1ccccc1NC(=O)CCCSc1nnc(N)s1. The van der Waals surface area contributed by atoms with Crippen LogP contribution in [0.5, 0.6) is 0 Å². The van der Waals surface area contributed by atoms with Crippen LogP contribution in [0.4, 0.5) is 10.8 Å². The zero-order valence-electron chi connectivity index (χ0n) is 12.0. The third-order valence-corrected chi connectivity index (χ3v) is 4.75. The summed E-state index contributed by atoms with van der Waals surface area (Å²) in [4.78, 5) is 23.4. The maximum atomic E-state index is 11.9. The summed E-state index contributed by atoms with van der Waals surface area (Å²) in [6.45, 7) is 1.48. The van der Waals surface area contributed by atoms with Gasteiger partial charge in [0.05, 0.1) is 5.69 Å². The molecular formula is C14H16N4O2S2. The van der Waals surface area contributed by atoms with Gasteiger partial charge in [-0.15, -0.1) is 10.2 Å². The Kier molecular flexibility index (Phi) is 5.91. The van der Waals surface area contributed by atoms with E-state index < -0.39 is 0 Å². The molecular weight excluding hydrogens is 320 g/mol. The van der Waals surface area contributed by atoms with Gasteiger partial charge in [0, 0.05) is 17.7 Å². The van der Waals surface area contributed by atoms with Gasteiger partial charge in [-0.3, -0.25) is 9.59 Å². The van der Waals surface area contributed by atoms with Crippen LogP contribution < -0.4 is 11.1 Å². The number of nitrogen functional groups attached to an aromatic ring is 1. The van der Waals surface area contributed by atoms with Gasteiger partial charge < -0.3 is 11.1 Å². The lowest BCUT2D eigenvalue weighted by atomic mass is 10.1. The summed E-state index contributed by atoms with van der Waals surface area (Å²) in [6.07, 6.45) is 1.09. The fourth-order valence-corrected chi connectivity index (χ4v) is 3.43. The Morgan fingerprint density at radius 3 is 2.77 bits per heavy atom. The van der Waals surface area contributed by atoms with Gasteiger partial charge >= 0.3 is 0 Å². The molecule has 6 nitrogen and oxygen atoms in total. The van der Waals surface area contributed by atoms with Crippen molar-refractivity contribution < 1.29 is 9.59 Å². The van der Waals surface area contributed by atoms with Crippen LogP contribution in [0, 0.1) is 0 Å². The van der Waals surface area contributed by atoms with Crippen LogP contribution >= 0.6 is 23.1 Å². The van der Waals surface area contributed by atoms with E-state index in [1.165, 1.54) is 30.0 Å². The zero-order chi connectivity index (χ0) is 15.9. The van der Waals surface area contributed by atoms with Crippen LogP contribution in [0.1, 0.15) is 30.1 Å². The standard InChI is InChI=1S/C14H16N4O2S2/c1-9(19)10-5-2-3-6-11(10)16-12(20)7-4-8-21-14-18-17-13(15)22-14/h2-3,5-6H,4,7-8H2,1H3,(H2,15,17)(H,16,20). The van der Waals surface area contributed by atoms with Crippen molar-refractivity contribution in [2.75, 3.05) is 16.8 Å². The summed E-state index contributed by atoms with van der Waals surface area (Å²) in [5.74, 6) is 0.586. The number of nitrogens with zero attached hydrogens (tertiary/aromatic N) is 2. The molecule has 1 amide bonds. The first kappa shape index (κ1) is 16.4. The highest BCUT2D eigenvalue weighted by Crippen LogP contribution is 2.24. The van der Waals surface area contributed by atoms with Gasteiger partial charge in [-0.25, -0.2) is 0 Å². The first-order chi connectivity index (χ1) is 10.6. The van der Waals surface area contributed by atoms with E-state index in [1.807, 2.05) is 0 Å². The van der Waals surface area contributed by atoms with Crippen molar-refractivity contribution in [3.8, 4) is 0 Å². The first-order valence-electron chi connectivity index (χ1n) is 6.68. The highest BCUT2D eigenvalue weighted by molar-refractivity contribution is 8.01. The predicted molar refractivity (Wildman–Crippen MR) is 89.4 cm³/mol. The van der Waals surface area contributed by atoms with Crippen LogP contribution in [-0.2, 0) is 4.79 Å². The van der Waals surface area contributed by atoms with Crippen molar-refractivity contribution in [3.05, 3.63) is 29.8 Å². The van der Waals surface area contributed by atoms with Gasteiger partial charge in [0.15, 0.2) is 10.1 Å². The maximum absolute atomic E-state index is 11.9. The average Bonchev–Trinajstić information content (AvgIpc) is 2.89. The Morgan fingerprint density at radius 2 is 2.09 bits per heavy atom. The average molecular weight is 336 g/mol. The number of Topliss-reactive ketones (excluding diaryl/α,β-unsaturated/α-hetero) is 1. The van der Waals surface area contributed by atoms with Crippen molar-refractivity contribution in [3.63, 3.8) is 0 Å². The summed E-state index contributed by atoms with van der Waals surface area (Å²) >= 11 is 2.86. The van der Waals surface area contributed by atoms with Crippen molar-refractivity contribution in [2.24, 2.45) is 0 Å². The molecule has 0 aliphatic heterocycles. The van der Waals surface area contributed by atoms with Gasteiger partial charge in [-0.05, 0) is 25.5 Å². The molecule has 0 aliphatic carbocycles. The summed E-state index contributed by atoms with van der Waals surface area (Å²) in [5, 5.41) is 10.9. The lowest BCUT2D eigenvalue weighted by Gasteiger charge is -2.08. The largest absolute Gasteiger partial charge is 0.374 e. The molecule has 8 heteroatoms. The molecule has 0 spiro atoms. The fourth-order valence-electron chi connectivity index (χ4n) is 1.78. The molecule has 116 valence electrons. The predicted octanol–water partition coefficient (Wildman–Crippen LogP) is 2.83. The molecule has 1 aromatic heterocycles. The topological polar surface area (TPSA) is 98.0 Å². The van der Waals surface area contributed by atoms with Gasteiger partial charge in [0.2, 0.25) is 11.0 Å². The number of thioether (sulfide) groups is 1. The third kappa shape index (κ3) is 4.81. The molecule has 0 bridgehead atoms. The number of carbonyl (C=O) groups excluding carboxylic acids is 2. The fraction of sp³-hybridized carbons (Fsp3) is 0.286. The van der Waals surface area contributed by atoms with Gasteiger partial charge in [-0.1, -0.05) is 35.2 Å². The number of amides is 1. The first-order valence-corrected chi connectivity index (χ1v) is 8.48. The summed E-state index contributed by atoms with van der Waals surface area (Å²) in [7, 11) is 0. The lowest BCUT2D eigenvalue weighted by molar-refractivity contribution is -0.116. The van der Waals surface area contributed by atoms with Crippen molar-refractivity contribution in [1.29, 1.82) is 0 Å². The molecule has 0 saturated carbocycles. The second kappa shape index (κ2) is 7.90. The molecule has 1 aromatic carbocycles. The van der Waals surface area contributed by atoms with E-state index in [0.29, 0.717) is 29.2 Å². The summed E-state index contributed by atoms with van der Waals surface area (Å²) in [5.41, 5.74) is 6.58. The number of benzene rings is 1. The van der Waals surface area contributed by atoms with Gasteiger partial charge in [0.1, 0.15) is 0 Å². The lowest BCUT2D eigenvalue weighted by Crippen LogP contribution is -2.13. The van der Waals surface area contributed by atoms with Crippen LogP contribution in [0.25, 0.3) is 0 Å². The molecule has 0 saturated heterocycles. The summed E-state index contributed by atoms with van der Waals surface area (Å²) in [6, 6.07) is 7.00. The summed E-state index contributed by atoms with van der Waals surface area (Å²) < 4.78 is 0.805. The Morgan fingerprint density at radius 1 is 1.32 bits per heavy atom. The van der Waals surface area contributed by atoms with Crippen LogP contribution in [0.15, 0.2) is 28.6 Å². The Labute approximate surface area is 136 Å². The highest BCUT2D eigenvalue weighted by Gasteiger charge is 2.09. The Bertz CT molecular complexity index is 672. The van der Waals surface area contributed by atoms with E-state index in [0.717, 1.165) is 10.1 Å². The quantitative estimate of drug-likeness (QED) is 0.458. The number of carbonyl (C=O) groups is 2. The van der Waals surface area contributed by atoms with E-state index in [-0.39, 0.29) is 11.7 Å². The van der Waals surface area contributed by atoms with Crippen LogP contribution in [-0.4, -0.2) is 27.6 Å². The molecule has 0 radical (unpaired) electrons. The van der Waals surface area contributed by atoms with Crippen molar-refractivity contribution >= 4 is 45.6 Å². The minimum atomic E-state index is -0.105. The molecule has 0 unspecified atom stereocenters. The number of rotatable bonds is 7. The minimum Gasteiger partial charge on any atom is -0.374 e. The van der Waals surface area contributed by atoms with Crippen molar-refractivity contribution in [2.45, 2.75) is 24.1 Å². The van der Waals surface area contributed by atoms with E-state index in [4.69, 9.17) is 5.73 Å². The number of ketones is 1. The molecule has 2 aromatic rings. The Hall–Kier alpha value is -1.93. The highest BCUT2D eigenvalue weighted by atomic mass is 32.2. The van der Waals surface area contributed by atoms with Gasteiger partial charge in [-0.2, -0.15) is 0 Å². The number of aromatic nitrogens is 2. The van der Waals surface area contributed by atoms with E-state index in [2.05, 4.69) is 15.5 Å². The number of hydrogen-bond donors (Lipinski definition) is 2. The smallest absolute Gasteiger partial charge is 0.224 e.